The van der Waals surface area contributed by atoms with Gasteiger partial charge in [0.15, 0.2) is 4.77 Å². The standard InChI is InChI=1S/C21H26N4O3S/c1-13-6-3-4-10-24(13)17(26)7-5-11-25-20(27)19-18(23-21(25)29)15-12-14(28-2)8-9-16(15)22-19/h8-9,12-13,22H,3-7,10-11H2,1-2H3,(H,23,29)/t13-/m1/s1. The lowest BCUT2D eigenvalue weighted by Gasteiger charge is -2.33. The van der Waals surface area contributed by atoms with Crippen LogP contribution in [0.5, 0.6) is 5.75 Å². The van der Waals surface area contributed by atoms with Crippen molar-refractivity contribution >= 4 is 40.1 Å². The van der Waals surface area contributed by atoms with Crippen LogP contribution in [0.4, 0.5) is 0 Å². The average molecular weight is 415 g/mol. The Bertz CT molecular complexity index is 1180. The number of likely N-dealkylation sites (tertiary alicyclic amines) is 1. The van der Waals surface area contributed by atoms with E-state index in [1.165, 1.54) is 11.0 Å². The van der Waals surface area contributed by atoms with Gasteiger partial charge < -0.3 is 19.6 Å². The van der Waals surface area contributed by atoms with Gasteiger partial charge in [-0.25, -0.2) is 0 Å². The SMILES string of the molecule is COc1ccc2[nH]c3c(=O)n(CCCC(=O)N4CCCC[C@H]4C)c(=S)[nH]c3c2c1. The van der Waals surface area contributed by atoms with Gasteiger partial charge in [-0.1, -0.05) is 0 Å². The molecular formula is C21H26N4O3S. The number of hydrogen-bond donors (Lipinski definition) is 2. The molecule has 1 aliphatic heterocycles. The number of fused-ring (bicyclic) bond motifs is 3. The number of nitrogens with zero attached hydrogens (tertiary/aromatic N) is 2. The molecule has 1 fully saturated rings. The second-order valence-corrected chi connectivity index (χ2v) is 8.10. The number of H-pyrrole nitrogens is 2. The number of rotatable bonds is 5. The summed E-state index contributed by atoms with van der Waals surface area (Å²) in [6, 6.07) is 5.91. The first kappa shape index (κ1) is 19.7. The fourth-order valence-corrected chi connectivity index (χ4v) is 4.47. The Balaban J connectivity index is 1.56. The Kier molecular flexibility index (Phi) is 5.45. The average Bonchev–Trinajstić information content (AvgIpc) is 3.08. The van der Waals surface area contributed by atoms with Gasteiger partial charge in [-0.05, 0) is 63.0 Å². The summed E-state index contributed by atoms with van der Waals surface area (Å²) in [5, 5.41) is 0.865. The van der Waals surface area contributed by atoms with Gasteiger partial charge in [-0.2, -0.15) is 0 Å². The number of nitrogens with one attached hydrogen (secondary N) is 2. The number of amides is 1. The first-order valence-electron chi connectivity index (χ1n) is 10.1. The van der Waals surface area contributed by atoms with Crippen LogP contribution >= 0.6 is 12.2 Å². The molecule has 0 unspecified atom stereocenters. The van der Waals surface area contributed by atoms with Gasteiger partial charge in [0.2, 0.25) is 5.91 Å². The van der Waals surface area contributed by atoms with E-state index in [4.69, 9.17) is 17.0 Å². The van der Waals surface area contributed by atoms with Crippen molar-refractivity contribution in [1.82, 2.24) is 19.4 Å². The van der Waals surface area contributed by atoms with Crippen molar-refractivity contribution in [2.75, 3.05) is 13.7 Å². The molecule has 4 rings (SSSR count). The van der Waals surface area contributed by atoms with Crippen LogP contribution in [0.1, 0.15) is 39.0 Å². The number of aromatic amines is 2. The number of ether oxygens (including phenoxy) is 1. The summed E-state index contributed by atoms with van der Waals surface area (Å²) in [6.07, 6.45) is 4.33. The first-order valence-corrected chi connectivity index (χ1v) is 10.5. The number of hydrogen-bond acceptors (Lipinski definition) is 4. The zero-order valence-corrected chi connectivity index (χ0v) is 17.6. The zero-order valence-electron chi connectivity index (χ0n) is 16.8. The van der Waals surface area contributed by atoms with E-state index in [9.17, 15) is 9.59 Å². The maximum Gasteiger partial charge on any atom is 0.278 e. The van der Waals surface area contributed by atoms with Gasteiger partial charge >= 0.3 is 0 Å². The molecule has 0 spiro atoms. The summed E-state index contributed by atoms with van der Waals surface area (Å²) in [5.41, 5.74) is 1.84. The topological polar surface area (TPSA) is 83.1 Å². The van der Waals surface area contributed by atoms with E-state index in [1.807, 2.05) is 23.1 Å². The van der Waals surface area contributed by atoms with Crippen LogP contribution in [0.2, 0.25) is 0 Å². The van der Waals surface area contributed by atoms with Gasteiger partial charge in [0, 0.05) is 36.5 Å². The van der Waals surface area contributed by atoms with Crippen molar-refractivity contribution in [2.45, 2.75) is 51.6 Å². The molecule has 0 bridgehead atoms. The van der Waals surface area contributed by atoms with Crippen molar-refractivity contribution in [1.29, 1.82) is 0 Å². The molecule has 1 atom stereocenters. The molecule has 2 aromatic heterocycles. The van der Waals surface area contributed by atoms with E-state index in [-0.39, 0.29) is 11.5 Å². The van der Waals surface area contributed by atoms with Gasteiger partial charge in [0.05, 0.1) is 12.6 Å². The maximum atomic E-state index is 13.0. The summed E-state index contributed by atoms with van der Waals surface area (Å²) >= 11 is 5.45. The van der Waals surface area contributed by atoms with E-state index < -0.39 is 0 Å². The van der Waals surface area contributed by atoms with Crippen molar-refractivity contribution < 1.29 is 9.53 Å². The lowest BCUT2D eigenvalue weighted by atomic mass is 10.0. The van der Waals surface area contributed by atoms with Crippen LogP contribution in [0.25, 0.3) is 21.9 Å². The lowest BCUT2D eigenvalue weighted by molar-refractivity contribution is -0.134. The molecule has 3 aromatic rings. The smallest absolute Gasteiger partial charge is 0.278 e. The van der Waals surface area contributed by atoms with Crippen LogP contribution in [0.15, 0.2) is 23.0 Å². The number of piperidine rings is 1. The summed E-state index contributed by atoms with van der Waals surface area (Å²) < 4.78 is 7.19. The number of aromatic nitrogens is 3. The summed E-state index contributed by atoms with van der Waals surface area (Å²) in [7, 11) is 1.61. The Hall–Kier alpha value is -2.61. The Labute approximate surface area is 173 Å². The van der Waals surface area contributed by atoms with E-state index in [0.29, 0.717) is 47.0 Å². The van der Waals surface area contributed by atoms with Gasteiger partial charge in [0.25, 0.3) is 5.56 Å². The van der Waals surface area contributed by atoms with E-state index in [0.717, 1.165) is 30.3 Å². The van der Waals surface area contributed by atoms with Crippen molar-refractivity contribution in [2.24, 2.45) is 0 Å². The van der Waals surface area contributed by atoms with Crippen molar-refractivity contribution in [3.8, 4) is 5.75 Å². The highest BCUT2D eigenvalue weighted by Crippen LogP contribution is 2.26. The van der Waals surface area contributed by atoms with Crippen molar-refractivity contribution in [3.05, 3.63) is 33.3 Å². The third-order valence-electron chi connectivity index (χ3n) is 5.84. The predicted octanol–water partition coefficient (Wildman–Crippen LogP) is 3.73. The van der Waals surface area contributed by atoms with Crippen LogP contribution < -0.4 is 10.3 Å². The van der Waals surface area contributed by atoms with Crippen LogP contribution in [0.3, 0.4) is 0 Å². The lowest BCUT2D eigenvalue weighted by Crippen LogP contribution is -2.42. The quantitative estimate of drug-likeness (QED) is 0.623. The minimum atomic E-state index is -0.169. The van der Waals surface area contributed by atoms with Crippen LogP contribution in [-0.2, 0) is 11.3 Å². The van der Waals surface area contributed by atoms with Gasteiger partial charge in [-0.3, -0.25) is 14.2 Å². The van der Waals surface area contributed by atoms with Crippen LogP contribution in [-0.4, -0.2) is 45.0 Å². The molecule has 2 N–H and O–H groups in total. The molecular weight excluding hydrogens is 388 g/mol. The molecule has 154 valence electrons. The normalized spacial score (nSPS) is 17.2. The summed E-state index contributed by atoms with van der Waals surface area (Å²) in [6.45, 7) is 3.36. The second kappa shape index (κ2) is 8.02. The number of benzene rings is 1. The van der Waals surface area contributed by atoms with E-state index in [2.05, 4.69) is 16.9 Å². The molecule has 0 saturated carbocycles. The molecule has 1 aromatic carbocycles. The number of carbonyl (C=O) groups is 1. The molecule has 29 heavy (non-hydrogen) atoms. The molecule has 1 saturated heterocycles. The summed E-state index contributed by atoms with van der Waals surface area (Å²) in [4.78, 5) is 33.9. The highest BCUT2D eigenvalue weighted by molar-refractivity contribution is 7.71. The molecule has 1 aliphatic rings. The third kappa shape index (κ3) is 3.69. The van der Waals surface area contributed by atoms with Crippen molar-refractivity contribution in [3.63, 3.8) is 0 Å². The van der Waals surface area contributed by atoms with E-state index in [1.54, 1.807) is 7.11 Å². The minimum absolute atomic E-state index is 0.166. The molecule has 7 nitrogen and oxygen atoms in total. The summed E-state index contributed by atoms with van der Waals surface area (Å²) in [5.74, 6) is 0.881. The Morgan fingerprint density at radius 1 is 1.28 bits per heavy atom. The largest absolute Gasteiger partial charge is 0.497 e. The van der Waals surface area contributed by atoms with E-state index >= 15 is 0 Å². The monoisotopic (exact) mass is 414 g/mol. The number of methoxy groups -OCH3 is 1. The van der Waals surface area contributed by atoms with Gasteiger partial charge in [-0.15, -0.1) is 0 Å². The second-order valence-electron chi connectivity index (χ2n) is 7.71. The molecule has 8 heteroatoms. The Morgan fingerprint density at radius 3 is 2.86 bits per heavy atom. The molecule has 0 aliphatic carbocycles. The fraction of sp³-hybridized carbons (Fsp3) is 0.476. The molecule has 0 radical (unpaired) electrons. The highest BCUT2D eigenvalue weighted by atomic mass is 32.1. The molecule has 1 amide bonds. The molecule has 3 heterocycles. The first-order chi connectivity index (χ1) is 14.0. The van der Waals surface area contributed by atoms with Gasteiger partial charge in [0.1, 0.15) is 11.3 Å². The predicted molar refractivity (Wildman–Crippen MR) is 116 cm³/mol. The third-order valence-corrected chi connectivity index (χ3v) is 6.16. The fourth-order valence-electron chi connectivity index (χ4n) is 4.19. The van der Waals surface area contributed by atoms with Crippen LogP contribution in [0, 0.1) is 4.77 Å². The Morgan fingerprint density at radius 2 is 2.10 bits per heavy atom. The minimum Gasteiger partial charge on any atom is -0.497 e. The zero-order chi connectivity index (χ0) is 20.5. The maximum absolute atomic E-state index is 13.0. The highest BCUT2D eigenvalue weighted by Gasteiger charge is 2.22. The number of carbonyl (C=O) groups excluding carboxylic acids is 1.